The van der Waals surface area contributed by atoms with Crippen LogP contribution in [0.1, 0.15) is 62.9 Å². The highest BCUT2D eigenvalue weighted by Gasteiger charge is 2.22. The summed E-state index contributed by atoms with van der Waals surface area (Å²) in [4.78, 5) is 12.2. The lowest BCUT2D eigenvalue weighted by molar-refractivity contribution is 0.0858. The summed E-state index contributed by atoms with van der Waals surface area (Å²) < 4.78 is 0. The number of allylic oxidation sites excluding steroid dienone is 1. The Kier molecular flexibility index (Phi) is 5.32. The second kappa shape index (κ2) is 6.54. The van der Waals surface area contributed by atoms with Gasteiger partial charge in [0.05, 0.1) is 0 Å². The van der Waals surface area contributed by atoms with Gasteiger partial charge in [-0.3, -0.25) is 4.79 Å². The minimum atomic E-state index is -0.333. The molecule has 0 fully saturated rings. The fraction of sp³-hybridized carbons (Fsp3) is 0.444. The lowest BCUT2D eigenvalue weighted by Gasteiger charge is -2.16. The smallest absolute Gasteiger partial charge is 0.168 e. The van der Waals surface area contributed by atoms with Gasteiger partial charge < -0.3 is 0 Å². The fourth-order valence-corrected chi connectivity index (χ4v) is 1.94. The zero-order valence-electron chi connectivity index (χ0n) is 12.5. The molecule has 0 heterocycles. The Balaban J connectivity index is 2.93. The summed E-state index contributed by atoms with van der Waals surface area (Å²) in [5, 5.41) is 0. The van der Waals surface area contributed by atoms with Crippen LogP contribution in [0.3, 0.4) is 0 Å². The summed E-state index contributed by atoms with van der Waals surface area (Å²) in [6.07, 6.45) is 3.29. The van der Waals surface area contributed by atoms with E-state index in [0.29, 0.717) is 0 Å². The van der Waals surface area contributed by atoms with Gasteiger partial charge in [-0.2, -0.15) is 0 Å². The first kappa shape index (κ1) is 15.5. The monoisotopic (exact) mass is 256 g/mol. The summed E-state index contributed by atoms with van der Waals surface area (Å²) in [7, 11) is 0. The molecule has 1 heteroatoms. The van der Waals surface area contributed by atoms with Gasteiger partial charge in [0.25, 0.3) is 0 Å². The number of Topliss-reactive ketones (excluding diaryl/α,β-unsaturated/α-hetero) is 1. The van der Waals surface area contributed by atoms with Gasteiger partial charge in [-0.1, -0.05) is 65.0 Å². The Bertz CT molecular complexity index is 479. The van der Waals surface area contributed by atoms with Gasteiger partial charge in [-0.25, -0.2) is 0 Å². The van der Waals surface area contributed by atoms with Crippen LogP contribution in [0, 0.1) is 5.41 Å². The molecule has 0 radical (unpaired) electrons. The molecule has 0 saturated carbocycles. The number of carbonyl (C=O) groups is 1. The van der Waals surface area contributed by atoms with E-state index in [9.17, 15) is 4.79 Å². The van der Waals surface area contributed by atoms with E-state index in [4.69, 9.17) is 0 Å². The average Bonchev–Trinajstić information content (AvgIpc) is 2.38. The third-order valence-corrected chi connectivity index (χ3v) is 3.17. The number of ketones is 1. The molecule has 102 valence electrons. The van der Waals surface area contributed by atoms with E-state index in [-0.39, 0.29) is 11.2 Å². The van der Waals surface area contributed by atoms with Crippen molar-refractivity contribution in [3.8, 4) is 0 Å². The predicted molar refractivity (Wildman–Crippen MR) is 82.3 cm³/mol. The van der Waals surface area contributed by atoms with Gasteiger partial charge in [0, 0.05) is 16.6 Å². The lowest BCUT2D eigenvalue weighted by Crippen LogP contribution is -2.20. The maximum Gasteiger partial charge on any atom is 0.168 e. The minimum absolute atomic E-state index is 0.178. The summed E-state index contributed by atoms with van der Waals surface area (Å²) in [5.74, 6) is 0.178. The second-order valence-corrected chi connectivity index (χ2v) is 5.92. The molecule has 1 rings (SSSR count). The molecular formula is C18H24O. The Labute approximate surface area is 117 Å². The van der Waals surface area contributed by atoms with Crippen molar-refractivity contribution in [2.24, 2.45) is 5.41 Å². The normalized spacial score (nSPS) is 10.9. The Hall–Kier alpha value is -1.59. The van der Waals surface area contributed by atoms with Gasteiger partial charge in [-0.15, -0.1) is 5.73 Å². The predicted octanol–water partition coefficient (Wildman–Crippen LogP) is 5.27. The van der Waals surface area contributed by atoms with Gasteiger partial charge in [-0.05, 0) is 18.4 Å². The highest BCUT2D eigenvalue weighted by molar-refractivity contribution is 6.00. The van der Waals surface area contributed by atoms with Gasteiger partial charge in [0.2, 0.25) is 0 Å². The zero-order chi connectivity index (χ0) is 14.5. The van der Waals surface area contributed by atoms with Crippen LogP contribution in [0.5, 0.6) is 0 Å². The number of benzene rings is 1. The molecule has 0 spiro atoms. The molecular weight excluding hydrogens is 232 g/mol. The van der Waals surface area contributed by atoms with E-state index in [0.717, 1.165) is 36.0 Å². The first-order chi connectivity index (χ1) is 8.90. The second-order valence-electron chi connectivity index (χ2n) is 5.92. The van der Waals surface area contributed by atoms with Gasteiger partial charge >= 0.3 is 0 Å². The van der Waals surface area contributed by atoms with Crippen LogP contribution in [0.25, 0.3) is 5.57 Å². The zero-order valence-corrected chi connectivity index (χ0v) is 12.5. The first-order valence-corrected chi connectivity index (χ1v) is 6.94. The Morgan fingerprint density at radius 3 is 2.11 bits per heavy atom. The minimum Gasteiger partial charge on any atom is -0.294 e. The molecule has 0 unspecified atom stereocenters. The van der Waals surface area contributed by atoms with Crippen molar-refractivity contribution in [3.05, 3.63) is 47.7 Å². The van der Waals surface area contributed by atoms with Crippen LogP contribution in [-0.2, 0) is 0 Å². The van der Waals surface area contributed by atoms with Crippen molar-refractivity contribution in [1.29, 1.82) is 0 Å². The van der Waals surface area contributed by atoms with Gasteiger partial charge in [0.1, 0.15) is 0 Å². The van der Waals surface area contributed by atoms with E-state index >= 15 is 0 Å². The van der Waals surface area contributed by atoms with Crippen LogP contribution < -0.4 is 0 Å². The third-order valence-electron chi connectivity index (χ3n) is 3.17. The first-order valence-electron chi connectivity index (χ1n) is 6.94. The summed E-state index contributed by atoms with van der Waals surface area (Å²) in [6.45, 7) is 11.8. The third kappa shape index (κ3) is 4.22. The van der Waals surface area contributed by atoms with Crippen LogP contribution in [0.15, 0.2) is 36.6 Å². The van der Waals surface area contributed by atoms with Crippen molar-refractivity contribution in [2.45, 2.75) is 47.0 Å². The molecule has 0 saturated heterocycles. The standard InChI is InChI=1S/C18H24O/c1-6-8-9-14(7-2)15-10-12-16(13-11-15)17(19)18(3,4)5/h10-13H,2,6,8-9H2,1,3-5H3. The van der Waals surface area contributed by atoms with E-state index in [1.54, 1.807) is 0 Å². The molecule has 1 aromatic carbocycles. The van der Waals surface area contributed by atoms with Crippen LogP contribution in [0.2, 0.25) is 0 Å². The maximum absolute atomic E-state index is 12.2. The van der Waals surface area contributed by atoms with Crippen molar-refractivity contribution >= 4 is 11.4 Å². The van der Waals surface area contributed by atoms with E-state index < -0.39 is 0 Å². The molecule has 0 N–H and O–H groups in total. The van der Waals surface area contributed by atoms with Crippen molar-refractivity contribution in [1.82, 2.24) is 0 Å². The fourth-order valence-electron chi connectivity index (χ4n) is 1.94. The van der Waals surface area contributed by atoms with Crippen molar-refractivity contribution in [3.63, 3.8) is 0 Å². The quantitative estimate of drug-likeness (QED) is 0.518. The Morgan fingerprint density at radius 1 is 1.16 bits per heavy atom. The topological polar surface area (TPSA) is 17.1 Å². The molecule has 0 bridgehead atoms. The van der Waals surface area contributed by atoms with E-state index in [1.165, 1.54) is 0 Å². The summed E-state index contributed by atoms with van der Waals surface area (Å²) in [6, 6.07) is 7.82. The molecule has 0 amide bonds. The maximum atomic E-state index is 12.2. The SMILES string of the molecule is C=C=C(CCCC)c1ccc(C(=O)C(C)(C)C)cc1. The number of carbonyl (C=O) groups excluding carboxylic acids is 1. The van der Waals surface area contributed by atoms with E-state index in [1.807, 2.05) is 45.0 Å². The number of unbranched alkanes of at least 4 members (excludes halogenated alkanes) is 1. The van der Waals surface area contributed by atoms with Crippen molar-refractivity contribution in [2.75, 3.05) is 0 Å². The molecule has 0 aliphatic rings. The molecule has 0 aliphatic carbocycles. The molecule has 0 aliphatic heterocycles. The van der Waals surface area contributed by atoms with Crippen LogP contribution in [0.4, 0.5) is 0 Å². The van der Waals surface area contributed by atoms with E-state index in [2.05, 4.69) is 19.2 Å². The summed E-state index contributed by atoms with van der Waals surface area (Å²) >= 11 is 0. The largest absolute Gasteiger partial charge is 0.294 e. The highest BCUT2D eigenvalue weighted by atomic mass is 16.1. The van der Waals surface area contributed by atoms with Gasteiger partial charge in [0.15, 0.2) is 5.78 Å². The average molecular weight is 256 g/mol. The van der Waals surface area contributed by atoms with Crippen molar-refractivity contribution < 1.29 is 4.79 Å². The number of hydrogen-bond acceptors (Lipinski definition) is 1. The number of hydrogen-bond donors (Lipinski definition) is 0. The molecule has 0 atom stereocenters. The lowest BCUT2D eigenvalue weighted by atomic mass is 9.86. The molecule has 1 aromatic rings. The molecule has 19 heavy (non-hydrogen) atoms. The highest BCUT2D eigenvalue weighted by Crippen LogP contribution is 2.24. The molecule has 0 aromatic heterocycles. The Morgan fingerprint density at radius 2 is 1.68 bits per heavy atom. The summed E-state index contributed by atoms with van der Waals surface area (Å²) in [5.41, 5.74) is 5.71. The van der Waals surface area contributed by atoms with Crippen LogP contribution >= 0.6 is 0 Å². The van der Waals surface area contributed by atoms with Crippen LogP contribution in [-0.4, -0.2) is 5.78 Å². The number of rotatable bonds is 5. The molecule has 1 nitrogen and oxygen atoms in total.